The molecule has 0 bridgehead atoms. The van der Waals surface area contributed by atoms with Crippen molar-refractivity contribution in [1.82, 2.24) is 4.90 Å². The first kappa shape index (κ1) is 15.8. The van der Waals surface area contributed by atoms with Crippen molar-refractivity contribution < 1.29 is 13.5 Å². The number of sulfone groups is 1. The topological polar surface area (TPSA) is 57.6 Å². The van der Waals surface area contributed by atoms with Crippen LogP contribution >= 0.6 is 11.6 Å². The van der Waals surface area contributed by atoms with Gasteiger partial charge in [0.1, 0.15) is 0 Å². The van der Waals surface area contributed by atoms with Crippen LogP contribution in [0.5, 0.6) is 0 Å². The molecule has 2 rings (SSSR count). The Balaban J connectivity index is 1.89. The van der Waals surface area contributed by atoms with Gasteiger partial charge in [-0.25, -0.2) is 8.42 Å². The molecule has 4 nitrogen and oxygen atoms in total. The molecular weight excluding hydrogens is 298 g/mol. The average Bonchev–Trinajstić information content (AvgIpc) is 2.36. The van der Waals surface area contributed by atoms with E-state index in [-0.39, 0.29) is 17.5 Å². The third kappa shape index (κ3) is 4.19. The molecule has 1 fully saturated rings. The number of hydrogen-bond acceptors (Lipinski definition) is 4. The summed E-state index contributed by atoms with van der Waals surface area (Å²) in [5.74, 6) is 0.421. The van der Waals surface area contributed by atoms with Crippen molar-refractivity contribution in [2.45, 2.75) is 25.5 Å². The third-order valence-electron chi connectivity index (χ3n) is 3.73. The van der Waals surface area contributed by atoms with Crippen molar-refractivity contribution >= 4 is 21.4 Å². The summed E-state index contributed by atoms with van der Waals surface area (Å²) in [6.45, 7) is 3.15. The van der Waals surface area contributed by atoms with Crippen LogP contribution in [0.1, 0.15) is 25.0 Å². The Labute approximate surface area is 125 Å². The summed E-state index contributed by atoms with van der Waals surface area (Å²) in [5.41, 5.74) is 0.801. The molecule has 2 unspecified atom stereocenters. The molecule has 1 saturated heterocycles. The van der Waals surface area contributed by atoms with Gasteiger partial charge in [0.2, 0.25) is 0 Å². The van der Waals surface area contributed by atoms with E-state index in [1.165, 1.54) is 0 Å². The molecular formula is C14H20ClNO3S. The molecule has 20 heavy (non-hydrogen) atoms. The summed E-state index contributed by atoms with van der Waals surface area (Å²) in [7, 11) is -2.88. The Morgan fingerprint density at radius 3 is 2.90 bits per heavy atom. The molecule has 0 radical (unpaired) electrons. The number of benzene rings is 1. The zero-order valence-corrected chi connectivity index (χ0v) is 13.1. The first-order valence-corrected chi connectivity index (χ1v) is 8.95. The normalized spacial score (nSPS) is 24.4. The standard InChI is InChI=1S/C14H20ClNO3S/c1-11-10-20(18,19)8-7-16(11)6-5-14(17)12-3-2-4-13(15)9-12/h2-4,9,11,14,17H,5-8,10H2,1H3. The molecule has 0 spiro atoms. The van der Waals surface area contributed by atoms with E-state index in [2.05, 4.69) is 4.90 Å². The maximum absolute atomic E-state index is 11.5. The van der Waals surface area contributed by atoms with Gasteiger partial charge in [0.05, 0.1) is 17.6 Å². The number of halogens is 1. The van der Waals surface area contributed by atoms with Crippen molar-refractivity contribution in [2.75, 3.05) is 24.6 Å². The molecule has 6 heteroatoms. The molecule has 1 aromatic carbocycles. The minimum atomic E-state index is -2.88. The fourth-order valence-electron chi connectivity index (χ4n) is 2.53. The molecule has 1 aromatic rings. The molecule has 112 valence electrons. The minimum absolute atomic E-state index is 0.0142. The second-order valence-corrected chi connectivity index (χ2v) is 8.02. The molecule has 1 aliphatic heterocycles. The minimum Gasteiger partial charge on any atom is -0.388 e. The van der Waals surface area contributed by atoms with Crippen LogP contribution in [-0.4, -0.2) is 49.1 Å². The first-order valence-electron chi connectivity index (χ1n) is 6.75. The fraction of sp³-hybridized carbons (Fsp3) is 0.571. The summed E-state index contributed by atoms with van der Waals surface area (Å²) < 4.78 is 23.0. The molecule has 0 aliphatic carbocycles. The molecule has 0 aromatic heterocycles. The second kappa shape index (κ2) is 6.43. The van der Waals surface area contributed by atoms with E-state index in [4.69, 9.17) is 11.6 Å². The van der Waals surface area contributed by atoms with Gasteiger partial charge >= 0.3 is 0 Å². The molecule has 0 saturated carbocycles. The zero-order valence-electron chi connectivity index (χ0n) is 11.5. The summed E-state index contributed by atoms with van der Waals surface area (Å²) >= 11 is 5.90. The van der Waals surface area contributed by atoms with Crippen LogP contribution in [0, 0.1) is 0 Å². The summed E-state index contributed by atoms with van der Waals surface area (Å²) in [6.07, 6.45) is 0.00417. The highest BCUT2D eigenvalue weighted by Crippen LogP contribution is 2.21. The number of hydrogen-bond donors (Lipinski definition) is 1. The van der Waals surface area contributed by atoms with Crippen molar-refractivity contribution in [3.8, 4) is 0 Å². The van der Waals surface area contributed by atoms with Crippen molar-refractivity contribution in [3.05, 3.63) is 34.9 Å². The lowest BCUT2D eigenvalue weighted by Crippen LogP contribution is -2.47. The summed E-state index contributed by atoms with van der Waals surface area (Å²) in [6, 6.07) is 7.21. The predicted molar refractivity (Wildman–Crippen MR) is 80.7 cm³/mol. The van der Waals surface area contributed by atoms with Crippen LogP contribution in [0.2, 0.25) is 5.02 Å². The van der Waals surface area contributed by atoms with Crippen LogP contribution in [0.25, 0.3) is 0 Å². The first-order chi connectivity index (χ1) is 9.37. The van der Waals surface area contributed by atoms with Gasteiger partial charge in [-0.05, 0) is 31.0 Å². The number of nitrogens with zero attached hydrogens (tertiary/aromatic N) is 1. The quantitative estimate of drug-likeness (QED) is 0.921. The molecule has 1 heterocycles. The Hall–Kier alpha value is -0.620. The van der Waals surface area contributed by atoms with Crippen LogP contribution < -0.4 is 0 Å². The van der Waals surface area contributed by atoms with Crippen molar-refractivity contribution in [1.29, 1.82) is 0 Å². The molecule has 0 amide bonds. The van der Waals surface area contributed by atoms with E-state index in [1.54, 1.807) is 12.1 Å². The van der Waals surface area contributed by atoms with Gasteiger partial charge in [0.15, 0.2) is 9.84 Å². The van der Waals surface area contributed by atoms with Gasteiger partial charge < -0.3 is 5.11 Å². The lowest BCUT2D eigenvalue weighted by Gasteiger charge is -2.33. The highest BCUT2D eigenvalue weighted by atomic mass is 35.5. The predicted octanol–water partition coefficient (Wildman–Crippen LogP) is 1.88. The SMILES string of the molecule is CC1CS(=O)(=O)CCN1CCC(O)c1cccc(Cl)c1. The van der Waals surface area contributed by atoms with Crippen LogP contribution in [0.15, 0.2) is 24.3 Å². The van der Waals surface area contributed by atoms with Gasteiger partial charge in [-0.2, -0.15) is 0 Å². The third-order valence-corrected chi connectivity index (χ3v) is 5.76. The van der Waals surface area contributed by atoms with Gasteiger partial charge in [-0.1, -0.05) is 23.7 Å². The lowest BCUT2D eigenvalue weighted by atomic mass is 10.1. The van der Waals surface area contributed by atoms with Gasteiger partial charge in [0.25, 0.3) is 0 Å². The van der Waals surface area contributed by atoms with Crippen LogP contribution in [-0.2, 0) is 9.84 Å². The maximum atomic E-state index is 11.5. The fourth-order valence-corrected chi connectivity index (χ4v) is 4.36. The van der Waals surface area contributed by atoms with Crippen LogP contribution in [0.4, 0.5) is 0 Å². The van der Waals surface area contributed by atoms with Crippen LogP contribution in [0.3, 0.4) is 0 Å². The largest absolute Gasteiger partial charge is 0.388 e. The summed E-state index contributed by atoms with van der Waals surface area (Å²) in [5, 5.41) is 10.8. The van der Waals surface area contributed by atoms with E-state index in [9.17, 15) is 13.5 Å². The zero-order chi connectivity index (χ0) is 14.8. The lowest BCUT2D eigenvalue weighted by molar-refractivity contribution is 0.132. The Kier molecular flexibility index (Phi) is 5.07. The Bertz CT molecular complexity index is 561. The highest BCUT2D eigenvalue weighted by molar-refractivity contribution is 7.91. The van der Waals surface area contributed by atoms with Gasteiger partial charge in [0, 0.05) is 24.2 Å². The summed E-state index contributed by atoms with van der Waals surface area (Å²) in [4.78, 5) is 2.12. The van der Waals surface area contributed by atoms with E-state index < -0.39 is 15.9 Å². The monoisotopic (exact) mass is 317 g/mol. The number of aliphatic hydroxyl groups is 1. The van der Waals surface area contributed by atoms with E-state index in [0.29, 0.717) is 24.5 Å². The number of aliphatic hydroxyl groups excluding tert-OH is 1. The van der Waals surface area contributed by atoms with Crippen molar-refractivity contribution in [2.24, 2.45) is 0 Å². The van der Waals surface area contributed by atoms with E-state index in [1.807, 2.05) is 19.1 Å². The van der Waals surface area contributed by atoms with Gasteiger partial charge in [-0.3, -0.25) is 4.90 Å². The smallest absolute Gasteiger partial charge is 0.153 e. The molecule has 2 atom stereocenters. The maximum Gasteiger partial charge on any atom is 0.153 e. The van der Waals surface area contributed by atoms with Crippen molar-refractivity contribution in [3.63, 3.8) is 0 Å². The average molecular weight is 318 g/mol. The second-order valence-electron chi connectivity index (χ2n) is 5.36. The highest BCUT2D eigenvalue weighted by Gasteiger charge is 2.28. The Morgan fingerprint density at radius 1 is 1.50 bits per heavy atom. The van der Waals surface area contributed by atoms with E-state index >= 15 is 0 Å². The van der Waals surface area contributed by atoms with E-state index in [0.717, 1.165) is 5.56 Å². The van der Waals surface area contributed by atoms with Gasteiger partial charge in [-0.15, -0.1) is 0 Å². The molecule has 1 aliphatic rings. The number of rotatable bonds is 4. The molecule has 1 N–H and O–H groups in total. The Morgan fingerprint density at radius 2 is 2.25 bits per heavy atom.